The molecule has 0 heteroatoms. The topological polar surface area (TPSA) is 0 Å². The van der Waals surface area contributed by atoms with Crippen molar-refractivity contribution in [2.45, 2.75) is 102 Å². The van der Waals surface area contributed by atoms with Gasteiger partial charge in [0.15, 0.2) is 0 Å². The van der Waals surface area contributed by atoms with E-state index in [2.05, 4.69) is 83.1 Å². The van der Waals surface area contributed by atoms with Crippen LogP contribution in [-0.4, -0.2) is 0 Å². The number of hydrogen-bond donors (Lipinski definition) is 0. The van der Waals surface area contributed by atoms with Gasteiger partial charge in [0.2, 0.25) is 0 Å². The molecule has 26 heavy (non-hydrogen) atoms. The fourth-order valence-corrected chi connectivity index (χ4v) is 6.07. The molecule has 0 saturated heterocycles. The Kier molecular flexibility index (Phi) is 8.75. The summed E-state index contributed by atoms with van der Waals surface area (Å²) in [5.74, 6) is 9.41. The van der Waals surface area contributed by atoms with E-state index in [-0.39, 0.29) is 0 Å². The van der Waals surface area contributed by atoms with Gasteiger partial charge in [-0.3, -0.25) is 0 Å². The molecule has 0 aromatic rings. The predicted molar refractivity (Wildman–Crippen MR) is 119 cm³/mol. The summed E-state index contributed by atoms with van der Waals surface area (Å²) in [6.45, 7) is 28.7. The van der Waals surface area contributed by atoms with Crippen molar-refractivity contribution in [1.82, 2.24) is 0 Å². The fraction of sp³-hybridized carbons (Fsp3) is 1.00. The summed E-state index contributed by atoms with van der Waals surface area (Å²) in [6.07, 6.45) is 4.43. The molecule has 0 nitrogen and oxygen atoms in total. The molecular weight excluding hydrogens is 312 g/mol. The third-order valence-corrected chi connectivity index (χ3v) is 8.75. The largest absolute Gasteiger partial charge is 0.0620 e. The van der Waals surface area contributed by atoms with Crippen LogP contribution in [0.4, 0.5) is 0 Å². The smallest absolute Gasteiger partial charge is 0.0357 e. The van der Waals surface area contributed by atoms with E-state index >= 15 is 0 Å². The van der Waals surface area contributed by atoms with E-state index in [0.717, 1.165) is 59.2 Å². The van der Waals surface area contributed by atoms with Gasteiger partial charge in [-0.15, -0.1) is 0 Å². The van der Waals surface area contributed by atoms with Crippen molar-refractivity contribution in [3.8, 4) is 0 Å². The maximum Gasteiger partial charge on any atom is -0.0357 e. The van der Waals surface area contributed by atoms with Gasteiger partial charge in [-0.1, -0.05) is 89.5 Å². The molecule has 0 aromatic heterocycles. The molecule has 0 aliphatic heterocycles. The lowest BCUT2D eigenvalue weighted by molar-refractivity contribution is 0.250. The normalized spacial score (nSPS) is 46.2. The highest BCUT2D eigenvalue weighted by Crippen LogP contribution is 2.50. The summed E-state index contributed by atoms with van der Waals surface area (Å²) in [6, 6.07) is 0. The Morgan fingerprint density at radius 3 is 0.808 bits per heavy atom. The molecule has 0 heterocycles. The Morgan fingerprint density at radius 2 is 0.615 bits per heavy atom. The number of hydrogen-bond acceptors (Lipinski definition) is 0. The van der Waals surface area contributed by atoms with Crippen LogP contribution >= 0.6 is 0 Å². The molecule has 0 radical (unpaired) electrons. The van der Waals surface area contributed by atoms with Crippen molar-refractivity contribution in [1.29, 1.82) is 0 Å². The van der Waals surface area contributed by atoms with E-state index in [9.17, 15) is 0 Å². The highest BCUT2D eigenvalue weighted by atomic mass is 14.5. The summed E-state index contributed by atoms with van der Waals surface area (Å²) >= 11 is 0. The van der Waals surface area contributed by atoms with Crippen LogP contribution in [0.1, 0.15) is 102 Å². The van der Waals surface area contributed by atoms with Crippen LogP contribution in [0.2, 0.25) is 0 Å². The van der Waals surface area contributed by atoms with Gasteiger partial charge in [-0.25, -0.2) is 0 Å². The Balaban J connectivity index is 0.000000597. The third kappa shape index (κ3) is 6.00. The van der Waals surface area contributed by atoms with Crippen molar-refractivity contribution in [2.24, 2.45) is 64.6 Å². The lowest BCUT2D eigenvalue weighted by atomic mass is 9.81. The second-order valence-electron chi connectivity index (χ2n) is 12.1. The van der Waals surface area contributed by atoms with E-state index in [4.69, 9.17) is 0 Å². The standard InChI is InChI=1S/C21H40.C5H12/c1-12-13(2)17(6)20(16(12)5)10-9-11-21-18(7)14(3)15(4)19(21)8;1-5(2,3)4/h12-21H,9-11H2,1-8H3;1-4H3. The lowest BCUT2D eigenvalue weighted by Gasteiger charge is -2.25. The van der Waals surface area contributed by atoms with Crippen molar-refractivity contribution in [2.75, 3.05) is 0 Å². The maximum absolute atomic E-state index is 2.51. The summed E-state index contributed by atoms with van der Waals surface area (Å²) in [7, 11) is 0. The number of rotatable bonds is 4. The Morgan fingerprint density at radius 1 is 0.423 bits per heavy atom. The zero-order chi connectivity index (χ0) is 20.4. The summed E-state index contributed by atoms with van der Waals surface area (Å²) < 4.78 is 0. The fourth-order valence-electron chi connectivity index (χ4n) is 6.07. The minimum Gasteiger partial charge on any atom is -0.0620 e. The van der Waals surface area contributed by atoms with Gasteiger partial charge >= 0.3 is 0 Å². The predicted octanol–water partition coefficient (Wildman–Crippen LogP) is 8.56. The first kappa shape index (κ1) is 24.0. The second-order valence-corrected chi connectivity index (χ2v) is 12.1. The van der Waals surface area contributed by atoms with Gasteiger partial charge in [0, 0.05) is 0 Å². The molecule has 0 N–H and O–H groups in total. The van der Waals surface area contributed by atoms with Crippen molar-refractivity contribution >= 4 is 0 Å². The third-order valence-electron chi connectivity index (χ3n) is 8.75. The van der Waals surface area contributed by atoms with Gasteiger partial charge in [-0.2, -0.15) is 0 Å². The van der Waals surface area contributed by atoms with E-state index in [1.54, 1.807) is 0 Å². The first-order chi connectivity index (χ1) is 11.8. The molecule has 0 bridgehead atoms. The second kappa shape index (κ2) is 9.47. The van der Waals surface area contributed by atoms with Gasteiger partial charge < -0.3 is 0 Å². The highest BCUT2D eigenvalue weighted by Gasteiger charge is 2.43. The molecule has 2 fully saturated rings. The van der Waals surface area contributed by atoms with Crippen LogP contribution in [0.3, 0.4) is 0 Å². The van der Waals surface area contributed by atoms with Crippen molar-refractivity contribution in [3.63, 3.8) is 0 Å². The Bertz CT molecular complexity index is 337. The molecule has 156 valence electrons. The molecule has 8 unspecified atom stereocenters. The minimum absolute atomic E-state index is 0.500. The first-order valence-corrected chi connectivity index (χ1v) is 11.8. The molecule has 2 aliphatic carbocycles. The first-order valence-electron chi connectivity index (χ1n) is 11.8. The summed E-state index contributed by atoms with van der Waals surface area (Å²) in [4.78, 5) is 0. The molecule has 8 atom stereocenters. The quantitative estimate of drug-likeness (QED) is 0.468. The zero-order valence-electron chi connectivity index (χ0n) is 20.4. The molecule has 0 aromatic carbocycles. The SMILES string of the molecule is CC(C)(C)C.CC1C(C)C(C)C(CCCC2C(C)C(C)C(C)C2C)C1C. The van der Waals surface area contributed by atoms with Gasteiger partial charge in [0.05, 0.1) is 0 Å². The minimum atomic E-state index is 0.500. The van der Waals surface area contributed by atoms with E-state index < -0.39 is 0 Å². The average Bonchev–Trinajstić information content (AvgIpc) is 2.82. The molecule has 2 saturated carbocycles. The lowest BCUT2D eigenvalue weighted by Crippen LogP contribution is -2.16. The van der Waals surface area contributed by atoms with E-state index in [1.807, 2.05) is 0 Å². The molecule has 0 spiro atoms. The van der Waals surface area contributed by atoms with Crippen molar-refractivity contribution < 1.29 is 0 Å². The molecule has 0 amide bonds. The molecule has 2 rings (SSSR count). The van der Waals surface area contributed by atoms with Gasteiger partial charge in [0.1, 0.15) is 0 Å². The Labute approximate surface area is 167 Å². The van der Waals surface area contributed by atoms with Crippen LogP contribution < -0.4 is 0 Å². The van der Waals surface area contributed by atoms with Gasteiger partial charge in [-0.05, 0) is 77.4 Å². The molecular formula is C26H52. The summed E-state index contributed by atoms with van der Waals surface area (Å²) in [5.41, 5.74) is 0.500. The summed E-state index contributed by atoms with van der Waals surface area (Å²) in [5, 5.41) is 0. The van der Waals surface area contributed by atoms with Crippen LogP contribution in [0, 0.1) is 64.6 Å². The average molecular weight is 365 g/mol. The van der Waals surface area contributed by atoms with Crippen LogP contribution in [0.15, 0.2) is 0 Å². The molecule has 2 aliphatic rings. The van der Waals surface area contributed by atoms with Crippen molar-refractivity contribution in [3.05, 3.63) is 0 Å². The van der Waals surface area contributed by atoms with E-state index in [0.29, 0.717) is 5.41 Å². The van der Waals surface area contributed by atoms with E-state index in [1.165, 1.54) is 19.3 Å². The highest BCUT2D eigenvalue weighted by molar-refractivity contribution is 4.91. The zero-order valence-corrected chi connectivity index (χ0v) is 20.4. The Hall–Kier alpha value is 0. The monoisotopic (exact) mass is 364 g/mol. The van der Waals surface area contributed by atoms with Crippen LogP contribution in [-0.2, 0) is 0 Å². The van der Waals surface area contributed by atoms with Gasteiger partial charge in [0.25, 0.3) is 0 Å². The van der Waals surface area contributed by atoms with Crippen LogP contribution in [0.5, 0.6) is 0 Å². The van der Waals surface area contributed by atoms with Crippen LogP contribution in [0.25, 0.3) is 0 Å². The maximum atomic E-state index is 2.51.